The van der Waals surface area contributed by atoms with Gasteiger partial charge < -0.3 is 15.0 Å². The van der Waals surface area contributed by atoms with E-state index in [0.29, 0.717) is 6.42 Å². The van der Waals surface area contributed by atoms with Crippen LogP contribution in [0, 0.1) is 0 Å². The van der Waals surface area contributed by atoms with Crippen LogP contribution in [0.15, 0.2) is 54.7 Å². The van der Waals surface area contributed by atoms with Crippen LogP contribution in [0.1, 0.15) is 56.1 Å². The highest BCUT2D eigenvalue weighted by Crippen LogP contribution is 2.34. The van der Waals surface area contributed by atoms with Crippen LogP contribution in [-0.4, -0.2) is 24.5 Å². The van der Waals surface area contributed by atoms with Gasteiger partial charge in [0.2, 0.25) is 5.91 Å². The van der Waals surface area contributed by atoms with Crippen molar-refractivity contribution in [1.29, 1.82) is 0 Å². The van der Waals surface area contributed by atoms with E-state index in [1.807, 2.05) is 36.5 Å². The van der Waals surface area contributed by atoms with Gasteiger partial charge in [-0.2, -0.15) is 0 Å². The monoisotopic (exact) mass is 378 g/mol. The number of carbonyl (C=O) groups excluding carboxylic acids is 1. The molecule has 0 radical (unpaired) electrons. The van der Waals surface area contributed by atoms with E-state index in [1.54, 1.807) is 7.11 Å². The molecule has 1 aromatic heterocycles. The number of amides is 1. The molecule has 4 nitrogen and oxygen atoms in total. The van der Waals surface area contributed by atoms with Crippen molar-refractivity contribution in [3.63, 3.8) is 0 Å². The standard InChI is InChI=1S/C24H30N2O2/c1-3-4-5-8-14-25-24(27)16-21(18-10-9-11-19(15-18)28-2)22-17-26-23-13-7-6-12-20(22)23/h6-7,9-13,15,17,21,26H,3-5,8,14,16H2,1-2H3,(H,25,27)/t21-/m1/s1. The second-order valence-electron chi connectivity index (χ2n) is 7.23. The van der Waals surface area contributed by atoms with Gasteiger partial charge in [0.1, 0.15) is 5.75 Å². The fourth-order valence-electron chi connectivity index (χ4n) is 3.69. The summed E-state index contributed by atoms with van der Waals surface area (Å²) in [5.41, 5.74) is 3.32. The lowest BCUT2D eigenvalue weighted by Gasteiger charge is -2.18. The molecule has 1 heterocycles. The second kappa shape index (κ2) is 9.98. The van der Waals surface area contributed by atoms with Crippen LogP contribution in [0.5, 0.6) is 5.75 Å². The Labute approximate surface area is 167 Å². The van der Waals surface area contributed by atoms with E-state index in [2.05, 4.69) is 35.4 Å². The predicted molar refractivity (Wildman–Crippen MR) is 115 cm³/mol. The maximum Gasteiger partial charge on any atom is 0.220 e. The number of ether oxygens (including phenoxy) is 1. The largest absolute Gasteiger partial charge is 0.497 e. The van der Waals surface area contributed by atoms with Gasteiger partial charge in [0.25, 0.3) is 0 Å². The summed E-state index contributed by atoms with van der Waals surface area (Å²) >= 11 is 0. The molecule has 28 heavy (non-hydrogen) atoms. The highest BCUT2D eigenvalue weighted by atomic mass is 16.5. The number of carbonyl (C=O) groups is 1. The van der Waals surface area contributed by atoms with Crippen LogP contribution in [0.4, 0.5) is 0 Å². The Morgan fingerprint density at radius 1 is 1.11 bits per heavy atom. The van der Waals surface area contributed by atoms with Gasteiger partial charge in [-0.3, -0.25) is 4.79 Å². The van der Waals surface area contributed by atoms with Gasteiger partial charge in [0.15, 0.2) is 0 Å². The molecule has 2 N–H and O–H groups in total. The average molecular weight is 379 g/mol. The number of rotatable bonds is 10. The maximum absolute atomic E-state index is 12.7. The summed E-state index contributed by atoms with van der Waals surface area (Å²) in [4.78, 5) is 16.0. The van der Waals surface area contributed by atoms with Crippen LogP contribution in [-0.2, 0) is 4.79 Å². The second-order valence-corrected chi connectivity index (χ2v) is 7.23. The van der Waals surface area contributed by atoms with E-state index < -0.39 is 0 Å². The number of benzene rings is 2. The number of H-pyrrole nitrogens is 1. The zero-order valence-corrected chi connectivity index (χ0v) is 16.8. The van der Waals surface area contributed by atoms with E-state index in [9.17, 15) is 4.79 Å². The number of aromatic nitrogens is 1. The Morgan fingerprint density at radius 2 is 1.96 bits per heavy atom. The van der Waals surface area contributed by atoms with E-state index >= 15 is 0 Å². The van der Waals surface area contributed by atoms with Gasteiger partial charge in [0.05, 0.1) is 7.11 Å². The van der Waals surface area contributed by atoms with Gasteiger partial charge in [-0.25, -0.2) is 0 Å². The number of methoxy groups -OCH3 is 1. The SMILES string of the molecule is CCCCCCNC(=O)C[C@H](c1cccc(OC)c1)c1c[nH]c2ccccc12. The molecule has 0 saturated heterocycles. The highest BCUT2D eigenvalue weighted by molar-refractivity contribution is 5.86. The predicted octanol–water partition coefficient (Wildman–Crippen LogP) is 5.40. The molecule has 1 amide bonds. The topological polar surface area (TPSA) is 54.1 Å². The van der Waals surface area contributed by atoms with Gasteiger partial charge in [-0.15, -0.1) is 0 Å². The average Bonchev–Trinajstić information content (AvgIpc) is 3.16. The van der Waals surface area contributed by atoms with Crippen LogP contribution in [0.2, 0.25) is 0 Å². The lowest BCUT2D eigenvalue weighted by molar-refractivity contribution is -0.121. The minimum atomic E-state index is -0.0260. The van der Waals surface area contributed by atoms with Crippen LogP contribution in [0.3, 0.4) is 0 Å². The van der Waals surface area contributed by atoms with Crippen molar-refractivity contribution in [3.05, 3.63) is 65.9 Å². The zero-order chi connectivity index (χ0) is 19.8. The zero-order valence-electron chi connectivity index (χ0n) is 16.8. The lowest BCUT2D eigenvalue weighted by Crippen LogP contribution is -2.26. The third kappa shape index (κ3) is 4.94. The number of unbranched alkanes of at least 4 members (excludes halogenated alkanes) is 3. The van der Waals surface area contributed by atoms with E-state index in [1.165, 1.54) is 19.3 Å². The molecule has 0 fully saturated rings. The Kier molecular flexibility index (Phi) is 7.12. The summed E-state index contributed by atoms with van der Waals surface area (Å²) in [5.74, 6) is 0.874. The minimum absolute atomic E-state index is 0.0260. The number of fused-ring (bicyclic) bond motifs is 1. The summed E-state index contributed by atoms with van der Waals surface area (Å²) in [6, 6.07) is 16.3. The highest BCUT2D eigenvalue weighted by Gasteiger charge is 2.21. The van der Waals surface area contributed by atoms with Crippen molar-refractivity contribution in [1.82, 2.24) is 10.3 Å². The fourth-order valence-corrected chi connectivity index (χ4v) is 3.69. The van der Waals surface area contributed by atoms with Crippen molar-refractivity contribution >= 4 is 16.8 Å². The summed E-state index contributed by atoms with van der Waals surface area (Å²) in [5, 5.41) is 4.26. The molecule has 2 aromatic carbocycles. The van der Waals surface area contributed by atoms with Gasteiger partial charge >= 0.3 is 0 Å². The van der Waals surface area contributed by atoms with Gasteiger partial charge in [-0.1, -0.05) is 56.5 Å². The van der Waals surface area contributed by atoms with E-state index in [4.69, 9.17) is 4.74 Å². The first-order valence-corrected chi connectivity index (χ1v) is 10.2. The van der Waals surface area contributed by atoms with Gasteiger partial charge in [-0.05, 0) is 35.7 Å². The molecule has 0 unspecified atom stereocenters. The Balaban J connectivity index is 1.82. The Morgan fingerprint density at radius 3 is 2.79 bits per heavy atom. The molecule has 4 heteroatoms. The number of hydrogen-bond acceptors (Lipinski definition) is 2. The van der Waals surface area contributed by atoms with E-state index in [0.717, 1.165) is 40.7 Å². The first kappa shape index (κ1) is 20.0. The van der Waals surface area contributed by atoms with E-state index in [-0.39, 0.29) is 11.8 Å². The number of para-hydroxylation sites is 1. The summed E-state index contributed by atoms with van der Waals surface area (Å²) < 4.78 is 5.41. The Bertz CT molecular complexity index is 900. The molecule has 0 aliphatic heterocycles. The third-order valence-corrected chi connectivity index (χ3v) is 5.23. The van der Waals surface area contributed by atoms with Gasteiger partial charge in [0, 0.05) is 36.0 Å². The molecule has 0 bridgehead atoms. The summed E-state index contributed by atoms with van der Waals surface area (Å²) in [6.45, 7) is 2.94. The van der Waals surface area contributed by atoms with Crippen molar-refractivity contribution in [2.45, 2.75) is 44.9 Å². The summed E-state index contributed by atoms with van der Waals surface area (Å²) in [7, 11) is 1.67. The van der Waals surface area contributed by atoms with Crippen molar-refractivity contribution in [2.24, 2.45) is 0 Å². The molecular formula is C24H30N2O2. The van der Waals surface area contributed by atoms with Crippen LogP contribution >= 0.6 is 0 Å². The third-order valence-electron chi connectivity index (χ3n) is 5.23. The number of aromatic amines is 1. The molecule has 0 aliphatic carbocycles. The molecule has 1 atom stereocenters. The Hall–Kier alpha value is -2.75. The molecule has 3 aromatic rings. The van der Waals surface area contributed by atoms with Crippen LogP contribution in [0.25, 0.3) is 10.9 Å². The maximum atomic E-state index is 12.7. The van der Waals surface area contributed by atoms with Crippen LogP contribution < -0.4 is 10.1 Å². The molecule has 3 rings (SSSR count). The summed E-state index contributed by atoms with van der Waals surface area (Å²) in [6.07, 6.45) is 7.07. The molecule has 148 valence electrons. The first-order valence-electron chi connectivity index (χ1n) is 10.2. The molecule has 0 saturated carbocycles. The van der Waals surface area contributed by atoms with Crippen molar-refractivity contribution in [3.8, 4) is 5.75 Å². The minimum Gasteiger partial charge on any atom is -0.497 e. The van der Waals surface area contributed by atoms with Crippen molar-refractivity contribution in [2.75, 3.05) is 13.7 Å². The number of hydrogen-bond donors (Lipinski definition) is 2. The normalized spacial score (nSPS) is 12.1. The molecule has 0 aliphatic rings. The molecule has 0 spiro atoms. The van der Waals surface area contributed by atoms with Crippen molar-refractivity contribution < 1.29 is 9.53 Å². The number of nitrogens with one attached hydrogen (secondary N) is 2. The smallest absolute Gasteiger partial charge is 0.220 e. The lowest BCUT2D eigenvalue weighted by atomic mass is 9.88. The molecular weight excluding hydrogens is 348 g/mol. The quantitative estimate of drug-likeness (QED) is 0.464. The first-order chi connectivity index (χ1) is 13.7. The fraction of sp³-hybridized carbons (Fsp3) is 0.375.